The van der Waals surface area contributed by atoms with Crippen molar-refractivity contribution >= 4 is 7.82 Å². The summed E-state index contributed by atoms with van der Waals surface area (Å²) in [6, 6.07) is 0. The highest BCUT2D eigenvalue weighted by Crippen LogP contribution is 2.71. The van der Waals surface area contributed by atoms with Crippen LogP contribution in [-0.2, 0) is 18.1 Å². The van der Waals surface area contributed by atoms with Gasteiger partial charge >= 0.3 is 168 Å². The van der Waals surface area contributed by atoms with Crippen molar-refractivity contribution in [1.82, 2.24) is 0 Å². The van der Waals surface area contributed by atoms with E-state index in [9.17, 15) is 255 Å². The van der Waals surface area contributed by atoms with E-state index in [4.69, 9.17) is 0 Å². The topological polar surface area (TPSA) is 44.8 Å². The Bertz CT molecular complexity index is 2360. The molecule has 0 aliphatic heterocycles. The van der Waals surface area contributed by atoms with Crippen molar-refractivity contribution in [3.8, 4) is 0 Å². The summed E-state index contributed by atoms with van der Waals surface area (Å²) in [4.78, 5) is 0. The van der Waals surface area contributed by atoms with Crippen LogP contribution in [0.2, 0.25) is 0 Å². The van der Waals surface area contributed by atoms with Crippen molar-refractivity contribution in [3.05, 3.63) is 0 Å². The number of halogens is 57. The highest BCUT2D eigenvalue weighted by atomic mass is 31.2. The SMILES string of the molecule is O=P(OCCC(F)(F)C(F)(F)C(F)(F)C(F)(F)C(F)(F)C(F)(F)C(F)(C(F)(F)F)C(F)(F)F)(OCCC(F)(F)C(F)(F)C(F)(F)C(F)(F)C(F)(F)C(F)(F)C(F)(C(F)(F)F)C(F)(F)F)OCCC(F)(F)C(F)(F)C(F)(F)C(F)(F)C(F)(F)C(F)(F)C(F)(C(F)(F)F)C(F)(F)F. The van der Waals surface area contributed by atoms with Crippen LogP contribution >= 0.6 is 7.82 Å². The lowest BCUT2D eigenvalue weighted by atomic mass is 9.83. The summed E-state index contributed by atoms with van der Waals surface area (Å²) >= 11 is 0. The van der Waals surface area contributed by atoms with E-state index in [0.29, 0.717) is 0 Å². The van der Waals surface area contributed by atoms with Gasteiger partial charge in [0.2, 0.25) is 0 Å². The van der Waals surface area contributed by atoms with Gasteiger partial charge in [-0.25, -0.2) is 17.7 Å². The molecule has 572 valence electrons. The van der Waals surface area contributed by atoms with Gasteiger partial charge in [-0.05, 0) is 0 Å². The Morgan fingerprint density at radius 2 is 0.274 bits per heavy atom. The van der Waals surface area contributed by atoms with Gasteiger partial charge in [-0.1, -0.05) is 0 Å². The summed E-state index contributed by atoms with van der Waals surface area (Å²) in [6.07, 6.45) is -67.3. The Labute approximate surface area is 477 Å². The molecule has 0 radical (unpaired) electrons. The van der Waals surface area contributed by atoms with Gasteiger partial charge in [0.05, 0.1) is 19.8 Å². The van der Waals surface area contributed by atoms with Crippen LogP contribution in [0.4, 0.5) is 250 Å². The number of phosphoric acid groups is 1. The predicted octanol–water partition coefficient (Wildman–Crippen LogP) is 20.2. The molecule has 0 bridgehead atoms. The van der Waals surface area contributed by atoms with Crippen LogP contribution in [0.15, 0.2) is 0 Å². The van der Waals surface area contributed by atoms with Crippen LogP contribution in [0.5, 0.6) is 0 Å². The van der Waals surface area contributed by atoms with E-state index in [1.807, 2.05) is 0 Å². The van der Waals surface area contributed by atoms with Crippen molar-refractivity contribution in [2.24, 2.45) is 0 Å². The number of alkyl halides is 57. The van der Waals surface area contributed by atoms with Crippen molar-refractivity contribution < 1.29 is 268 Å². The molecule has 0 aliphatic rings. The maximum atomic E-state index is 14.5. The largest absolute Gasteiger partial charge is 0.474 e. The van der Waals surface area contributed by atoms with Gasteiger partial charge in [0.1, 0.15) is 0 Å². The summed E-state index contributed by atoms with van der Waals surface area (Å²) < 4.78 is 803. The van der Waals surface area contributed by atoms with Crippen molar-refractivity contribution in [3.63, 3.8) is 0 Å². The van der Waals surface area contributed by atoms with Gasteiger partial charge in [-0.3, -0.25) is 13.6 Å². The fourth-order valence-corrected chi connectivity index (χ4v) is 7.27. The fraction of sp³-hybridized carbons (Fsp3) is 1.00. The maximum absolute atomic E-state index is 14.5. The van der Waals surface area contributed by atoms with Crippen LogP contribution in [0.3, 0.4) is 0 Å². The minimum absolute atomic E-state index is 2.87. The molecule has 0 rings (SSSR count). The van der Waals surface area contributed by atoms with Crippen LogP contribution in [-0.4, -0.2) is 180 Å². The molecule has 62 heteroatoms. The Balaban J connectivity index is 8.17. The normalized spacial score (nSPS) is 17.1. The minimum Gasteiger partial charge on any atom is -0.287 e. The summed E-state index contributed by atoms with van der Waals surface area (Å²) in [5.74, 6) is -170. The molecule has 0 atom stereocenters. The molecule has 0 saturated heterocycles. The summed E-state index contributed by atoms with van der Waals surface area (Å²) in [7, 11) is -8.32. The lowest BCUT2D eigenvalue weighted by molar-refractivity contribution is -0.472. The Kier molecular flexibility index (Phi) is 22.9. The zero-order chi connectivity index (χ0) is 78.4. The van der Waals surface area contributed by atoms with Crippen molar-refractivity contribution in [1.29, 1.82) is 0 Å². The second-order valence-corrected chi connectivity index (χ2v) is 19.6. The monoisotopic (exact) mass is 1590 g/mol. The third-order valence-corrected chi connectivity index (χ3v) is 13.2. The van der Waals surface area contributed by atoms with E-state index in [-0.39, 0.29) is 0 Å². The molecule has 0 aliphatic carbocycles. The maximum Gasteiger partial charge on any atom is 0.474 e. The second kappa shape index (κ2) is 23.9. The first-order chi connectivity index (χ1) is 40.1. The molecular weight excluding hydrogens is 1570 g/mol. The average molecular weight is 1590 g/mol. The predicted molar refractivity (Wildman–Crippen MR) is 176 cm³/mol. The number of phosphoric ester groups is 1. The van der Waals surface area contributed by atoms with Gasteiger partial charge in [0.25, 0.3) is 0 Å². The van der Waals surface area contributed by atoms with Crippen LogP contribution in [0.1, 0.15) is 19.3 Å². The van der Waals surface area contributed by atoms with E-state index in [1.54, 1.807) is 0 Å². The molecule has 95 heavy (non-hydrogen) atoms. The van der Waals surface area contributed by atoms with E-state index in [0.717, 1.165) is 0 Å². The number of rotatable bonds is 30. The fourth-order valence-electron chi connectivity index (χ4n) is 6.10. The van der Waals surface area contributed by atoms with E-state index < -0.39 is 208 Å². The van der Waals surface area contributed by atoms with Crippen LogP contribution < -0.4 is 0 Å². The zero-order valence-electron chi connectivity index (χ0n) is 41.4. The first-order valence-electron chi connectivity index (χ1n) is 20.9. The molecule has 0 aromatic rings. The standard InChI is InChI=1S/C33H12F57O4P/c34-7(35,13(43,44)19(55,56)25(67,68)22(61,62)16(49,50)10(40,28(73,74)75)29(76,77)78)1-4-92-95(91,93-5-2-8(36,37)14(45,46)20(57,58)26(69,70)23(63,64)17(51,52)11(41,30(79,80)81)31(82,83)84)94-6-3-9(38,39)15(47,48)21(59,60)27(71,72)24(65,66)18(53,54)12(42,32(85,86)87)33(88,89)90/h1-6H2. The quantitative estimate of drug-likeness (QED) is 0.0531. The summed E-state index contributed by atoms with van der Waals surface area (Å²) in [6.45, 7) is -12.2. The molecule has 0 aromatic heterocycles. The molecule has 0 aromatic carbocycles. The number of hydrogen-bond acceptors (Lipinski definition) is 4. The molecule has 0 N–H and O–H groups in total. The summed E-state index contributed by atoms with van der Waals surface area (Å²) in [5, 5.41) is 0. The molecule has 0 unspecified atom stereocenters. The van der Waals surface area contributed by atoms with Gasteiger partial charge in [-0.2, -0.15) is 237 Å². The van der Waals surface area contributed by atoms with Crippen molar-refractivity contribution in [2.75, 3.05) is 19.8 Å². The van der Waals surface area contributed by atoms with E-state index in [2.05, 4.69) is 13.6 Å². The van der Waals surface area contributed by atoms with Crippen LogP contribution in [0.25, 0.3) is 0 Å². The molecule has 0 saturated carbocycles. The molecular formula is C33H12F57O4P. The lowest BCUT2D eigenvalue weighted by Crippen LogP contribution is -2.77. The van der Waals surface area contributed by atoms with Gasteiger partial charge in [0.15, 0.2) is 0 Å². The minimum atomic E-state index is -9.91. The molecule has 0 spiro atoms. The third kappa shape index (κ3) is 12.6. The van der Waals surface area contributed by atoms with Gasteiger partial charge < -0.3 is 0 Å². The van der Waals surface area contributed by atoms with E-state index >= 15 is 0 Å². The first-order valence-corrected chi connectivity index (χ1v) is 22.4. The highest BCUT2D eigenvalue weighted by molar-refractivity contribution is 7.48. The second-order valence-electron chi connectivity index (χ2n) is 17.9. The van der Waals surface area contributed by atoms with E-state index in [1.165, 1.54) is 0 Å². The summed E-state index contributed by atoms with van der Waals surface area (Å²) in [5.41, 5.74) is -28.4. The highest BCUT2D eigenvalue weighted by Gasteiger charge is 3.02. The van der Waals surface area contributed by atoms with Gasteiger partial charge in [0, 0.05) is 19.3 Å². The smallest absolute Gasteiger partial charge is 0.287 e. The first kappa shape index (κ1) is 91.1. The Hall–Kier alpha value is -3.88. The Morgan fingerprint density at radius 3 is 0.389 bits per heavy atom. The average Bonchev–Trinajstić information content (AvgIpc) is 0.698. The zero-order valence-corrected chi connectivity index (χ0v) is 42.3. The van der Waals surface area contributed by atoms with Gasteiger partial charge in [-0.15, -0.1) is 0 Å². The third-order valence-electron chi connectivity index (χ3n) is 11.7. The molecule has 0 amide bonds. The molecule has 0 fully saturated rings. The Morgan fingerprint density at radius 1 is 0.168 bits per heavy atom. The van der Waals surface area contributed by atoms with Crippen LogP contribution in [0, 0.1) is 0 Å². The van der Waals surface area contributed by atoms with Crippen molar-refractivity contribution in [2.45, 2.75) is 180 Å². The molecule has 4 nitrogen and oxygen atoms in total. The lowest BCUT2D eigenvalue weighted by Gasteiger charge is -2.45. The molecule has 0 heterocycles. The number of hydrogen-bond donors (Lipinski definition) is 0.